The van der Waals surface area contributed by atoms with E-state index in [2.05, 4.69) is 10.3 Å². The normalized spacial score (nSPS) is 10.6. The van der Waals surface area contributed by atoms with Gasteiger partial charge in [-0.05, 0) is 29.1 Å². The number of ether oxygens (including phenoxy) is 1. The molecule has 0 radical (unpaired) electrons. The summed E-state index contributed by atoms with van der Waals surface area (Å²) in [5.74, 6) is -1.25. The number of pyridine rings is 2. The lowest BCUT2D eigenvalue weighted by molar-refractivity contribution is -0.119. The minimum Gasteiger partial charge on any atom is -0.451 e. The van der Waals surface area contributed by atoms with Crippen LogP contribution < -0.4 is 10.9 Å². The molecule has 7 nitrogen and oxygen atoms in total. The van der Waals surface area contributed by atoms with Gasteiger partial charge in [-0.15, -0.1) is 0 Å². The predicted octanol–water partition coefficient (Wildman–Crippen LogP) is 3.40. The van der Waals surface area contributed by atoms with E-state index in [9.17, 15) is 14.4 Å². The summed E-state index contributed by atoms with van der Waals surface area (Å²) in [5.41, 5.74) is 1.66. The zero-order chi connectivity index (χ0) is 21.8. The summed E-state index contributed by atoms with van der Waals surface area (Å²) in [6.45, 7) is -0.490. The molecule has 0 saturated heterocycles. The maximum absolute atomic E-state index is 13.0. The van der Waals surface area contributed by atoms with Crippen LogP contribution in [0.4, 0.5) is 5.69 Å². The van der Waals surface area contributed by atoms with Gasteiger partial charge in [0.15, 0.2) is 6.61 Å². The van der Waals surface area contributed by atoms with E-state index in [0.717, 1.165) is 5.56 Å². The number of esters is 1. The first kappa shape index (κ1) is 20.0. The van der Waals surface area contributed by atoms with E-state index < -0.39 is 18.5 Å². The Balaban J connectivity index is 1.71. The maximum atomic E-state index is 13.0. The molecule has 1 N–H and O–H groups in total. The molecule has 4 rings (SSSR count). The zero-order valence-corrected chi connectivity index (χ0v) is 16.7. The van der Waals surface area contributed by atoms with E-state index in [1.807, 2.05) is 36.4 Å². The molecular formula is C24H19N3O4. The van der Waals surface area contributed by atoms with Crippen molar-refractivity contribution >= 4 is 28.3 Å². The van der Waals surface area contributed by atoms with E-state index in [-0.39, 0.29) is 11.3 Å². The lowest BCUT2D eigenvalue weighted by atomic mass is 9.97. The van der Waals surface area contributed by atoms with Crippen molar-refractivity contribution in [2.75, 3.05) is 11.9 Å². The molecule has 2 aromatic heterocycles. The average Bonchev–Trinajstić information content (AvgIpc) is 2.81. The standard InChI is InChI=1S/C24H19N3O4/c1-27-22(24(30)31-15-20(28)26-17-11-13-25-14-12-17)21(16-7-3-2-4-8-16)18-9-5-6-10-19(18)23(27)29/h2-14H,15H2,1H3,(H,25,26,28). The molecule has 0 atom stereocenters. The molecule has 7 heteroatoms. The molecule has 2 aromatic carbocycles. The molecule has 0 spiro atoms. The van der Waals surface area contributed by atoms with Gasteiger partial charge in [0.25, 0.3) is 11.5 Å². The van der Waals surface area contributed by atoms with Crippen molar-refractivity contribution in [1.82, 2.24) is 9.55 Å². The highest BCUT2D eigenvalue weighted by Gasteiger charge is 2.23. The third kappa shape index (κ3) is 4.06. The van der Waals surface area contributed by atoms with Crippen molar-refractivity contribution in [3.8, 4) is 11.1 Å². The van der Waals surface area contributed by atoms with Crippen LogP contribution in [0.2, 0.25) is 0 Å². The first-order valence-electron chi connectivity index (χ1n) is 9.60. The monoisotopic (exact) mass is 413 g/mol. The summed E-state index contributed by atoms with van der Waals surface area (Å²) < 4.78 is 6.55. The second-order valence-corrected chi connectivity index (χ2v) is 6.86. The number of anilines is 1. The van der Waals surface area contributed by atoms with E-state index in [1.165, 1.54) is 11.6 Å². The fraction of sp³-hybridized carbons (Fsp3) is 0.0833. The molecule has 4 aromatic rings. The molecule has 0 unspecified atom stereocenters. The number of carbonyl (C=O) groups is 2. The Labute approximate surface area is 177 Å². The third-order valence-corrected chi connectivity index (χ3v) is 4.86. The highest BCUT2D eigenvalue weighted by Crippen LogP contribution is 2.30. The summed E-state index contributed by atoms with van der Waals surface area (Å²) >= 11 is 0. The van der Waals surface area contributed by atoms with E-state index in [1.54, 1.807) is 42.7 Å². The van der Waals surface area contributed by atoms with Gasteiger partial charge >= 0.3 is 5.97 Å². The highest BCUT2D eigenvalue weighted by atomic mass is 16.5. The van der Waals surface area contributed by atoms with Crippen LogP contribution in [0.15, 0.2) is 83.9 Å². The van der Waals surface area contributed by atoms with Gasteiger partial charge in [0.2, 0.25) is 0 Å². The number of hydrogen-bond donors (Lipinski definition) is 1. The molecule has 31 heavy (non-hydrogen) atoms. The fourth-order valence-electron chi connectivity index (χ4n) is 3.43. The second kappa shape index (κ2) is 8.62. The lowest BCUT2D eigenvalue weighted by Gasteiger charge is -2.16. The summed E-state index contributed by atoms with van der Waals surface area (Å²) in [6, 6.07) is 19.7. The molecule has 0 fully saturated rings. The van der Waals surface area contributed by atoms with Gasteiger partial charge in [-0.25, -0.2) is 4.79 Å². The molecule has 0 saturated carbocycles. The topological polar surface area (TPSA) is 90.3 Å². The minimum atomic E-state index is -0.755. The van der Waals surface area contributed by atoms with Crippen LogP contribution in [0.5, 0.6) is 0 Å². The summed E-state index contributed by atoms with van der Waals surface area (Å²) in [6.07, 6.45) is 3.08. The SMILES string of the molecule is Cn1c(C(=O)OCC(=O)Nc2ccncc2)c(-c2ccccc2)c2ccccc2c1=O. The molecule has 0 aliphatic carbocycles. The van der Waals surface area contributed by atoms with Gasteiger partial charge in [0.1, 0.15) is 5.69 Å². The summed E-state index contributed by atoms with van der Waals surface area (Å²) in [5, 5.41) is 3.77. The average molecular weight is 413 g/mol. The van der Waals surface area contributed by atoms with Crippen molar-refractivity contribution < 1.29 is 14.3 Å². The second-order valence-electron chi connectivity index (χ2n) is 6.86. The van der Waals surface area contributed by atoms with Crippen LogP contribution >= 0.6 is 0 Å². The highest BCUT2D eigenvalue weighted by molar-refractivity contribution is 6.07. The number of amides is 1. The van der Waals surface area contributed by atoms with Crippen LogP contribution in [0.1, 0.15) is 10.5 Å². The van der Waals surface area contributed by atoms with E-state index >= 15 is 0 Å². The number of fused-ring (bicyclic) bond motifs is 1. The third-order valence-electron chi connectivity index (χ3n) is 4.86. The quantitative estimate of drug-likeness (QED) is 0.507. The van der Waals surface area contributed by atoms with E-state index in [0.29, 0.717) is 22.0 Å². The number of nitrogens with zero attached hydrogens (tertiary/aromatic N) is 2. The molecule has 1 amide bonds. The Morgan fingerprint density at radius 2 is 1.58 bits per heavy atom. The van der Waals surface area contributed by atoms with Crippen LogP contribution in [0.3, 0.4) is 0 Å². The first-order valence-corrected chi connectivity index (χ1v) is 9.60. The Hall–Kier alpha value is -4.26. The molecular weight excluding hydrogens is 394 g/mol. The smallest absolute Gasteiger partial charge is 0.356 e. The first-order chi connectivity index (χ1) is 15.1. The number of nitrogens with one attached hydrogen (secondary N) is 1. The Kier molecular flexibility index (Phi) is 5.57. The molecule has 0 aliphatic heterocycles. The lowest BCUT2D eigenvalue weighted by Crippen LogP contribution is -2.28. The molecule has 2 heterocycles. The zero-order valence-electron chi connectivity index (χ0n) is 16.7. The number of benzene rings is 2. The predicted molar refractivity (Wildman–Crippen MR) is 118 cm³/mol. The van der Waals surface area contributed by atoms with Crippen molar-refractivity contribution in [1.29, 1.82) is 0 Å². The van der Waals surface area contributed by atoms with Gasteiger partial charge in [0.05, 0.1) is 0 Å². The van der Waals surface area contributed by atoms with E-state index in [4.69, 9.17) is 4.74 Å². The summed E-state index contributed by atoms with van der Waals surface area (Å²) in [7, 11) is 1.52. The maximum Gasteiger partial charge on any atom is 0.356 e. The van der Waals surface area contributed by atoms with Crippen LogP contribution in [0.25, 0.3) is 21.9 Å². The van der Waals surface area contributed by atoms with Gasteiger partial charge < -0.3 is 14.6 Å². The Morgan fingerprint density at radius 3 is 2.29 bits per heavy atom. The van der Waals surface area contributed by atoms with Crippen molar-refractivity contribution in [2.24, 2.45) is 7.05 Å². The number of carbonyl (C=O) groups excluding carboxylic acids is 2. The largest absolute Gasteiger partial charge is 0.451 e. The number of rotatable bonds is 5. The fourth-order valence-corrected chi connectivity index (χ4v) is 3.43. The van der Waals surface area contributed by atoms with Crippen molar-refractivity contribution in [3.63, 3.8) is 0 Å². The van der Waals surface area contributed by atoms with Crippen molar-refractivity contribution in [2.45, 2.75) is 0 Å². The number of hydrogen-bond acceptors (Lipinski definition) is 5. The minimum absolute atomic E-state index is 0.0895. The van der Waals surface area contributed by atoms with Gasteiger partial charge in [-0.3, -0.25) is 14.6 Å². The van der Waals surface area contributed by atoms with Crippen LogP contribution in [-0.4, -0.2) is 28.0 Å². The molecule has 0 aliphatic rings. The van der Waals surface area contributed by atoms with Gasteiger partial charge in [-0.1, -0.05) is 48.5 Å². The van der Waals surface area contributed by atoms with Gasteiger partial charge in [0, 0.05) is 36.1 Å². The van der Waals surface area contributed by atoms with Crippen molar-refractivity contribution in [3.05, 3.63) is 95.2 Å². The molecule has 154 valence electrons. The molecule has 0 bridgehead atoms. The Bertz CT molecular complexity index is 1320. The summed E-state index contributed by atoms with van der Waals surface area (Å²) in [4.78, 5) is 42.0. The number of aromatic nitrogens is 2. The van der Waals surface area contributed by atoms with Crippen LogP contribution in [-0.2, 0) is 16.6 Å². The van der Waals surface area contributed by atoms with Gasteiger partial charge in [-0.2, -0.15) is 0 Å². The Morgan fingerprint density at radius 1 is 0.935 bits per heavy atom. The van der Waals surface area contributed by atoms with Crippen LogP contribution in [0, 0.1) is 0 Å².